The third kappa shape index (κ3) is 2.49. The van der Waals surface area contributed by atoms with Crippen molar-refractivity contribution in [2.75, 3.05) is 5.32 Å². The molecule has 3 aromatic heterocycles. The summed E-state index contributed by atoms with van der Waals surface area (Å²) in [5.74, 6) is 0.523. The van der Waals surface area contributed by atoms with Crippen molar-refractivity contribution >= 4 is 34.0 Å². The Balaban J connectivity index is 1.49. The van der Waals surface area contributed by atoms with Gasteiger partial charge in [0.05, 0.1) is 0 Å². The fourth-order valence-electron chi connectivity index (χ4n) is 2.67. The van der Waals surface area contributed by atoms with Gasteiger partial charge in [0.25, 0.3) is 6.01 Å². The Bertz CT molecular complexity index is 1130. The first-order valence-electron chi connectivity index (χ1n) is 7.80. The van der Waals surface area contributed by atoms with Gasteiger partial charge in [-0.05, 0) is 42.5 Å². The second-order valence-corrected chi connectivity index (χ2v) is 5.54. The standard InChI is InChI=1S/C19H12N4O2/c1-2-8-15-14(7-1)22-19(25-15)21-13-6-3-5-12(11-13)18-23-17-16(24-18)9-4-10-20-17/h1-11H,(H,21,22). The maximum Gasteiger partial charge on any atom is 0.300 e. The van der Waals surface area contributed by atoms with Crippen molar-refractivity contribution in [3.05, 3.63) is 66.9 Å². The van der Waals surface area contributed by atoms with Crippen molar-refractivity contribution < 1.29 is 8.83 Å². The third-order valence-electron chi connectivity index (χ3n) is 3.82. The van der Waals surface area contributed by atoms with E-state index in [4.69, 9.17) is 8.83 Å². The lowest BCUT2D eigenvalue weighted by Crippen LogP contribution is -1.90. The molecular weight excluding hydrogens is 316 g/mol. The van der Waals surface area contributed by atoms with Crippen LogP contribution in [-0.2, 0) is 0 Å². The van der Waals surface area contributed by atoms with Crippen LogP contribution in [0.3, 0.4) is 0 Å². The molecule has 0 saturated carbocycles. The van der Waals surface area contributed by atoms with Crippen LogP contribution >= 0.6 is 0 Å². The molecular formula is C19H12N4O2. The molecule has 2 aromatic carbocycles. The van der Waals surface area contributed by atoms with E-state index in [9.17, 15) is 0 Å². The first-order valence-corrected chi connectivity index (χ1v) is 7.80. The van der Waals surface area contributed by atoms with Gasteiger partial charge >= 0.3 is 0 Å². The highest BCUT2D eigenvalue weighted by molar-refractivity contribution is 5.76. The highest BCUT2D eigenvalue weighted by Crippen LogP contribution is 2.27. The van der Waals surface area contributed by atoms with E-state index in [-0.39, 0.29) is 0 Å². The van der Waals surface area contributed by atoms with Crippen molar-refractivity contribution in [3.8, 4) is 11.5 Å². The van der Waals surface area contributed by atoms with Gasteiger partial charge in [-0.1, -0.05) is 18.2 Å². The topological polar surface area (TPSA) is 77.0 Å². The Morgan fingerprint density at radius 3 is 2.64 bits per heavy atom. The molecule has 0 fully saturated rings. The molecule has 5 rings (SSSR count). The smallest absolute Gasteiger partial charge is 0.300 e. The zero-order chi connectivity index (χ0) is 16.6. The number of nitrogens with zero attached hydrogens (tertiary/aromatic N) is 3. The van der Waals surface area contributed by atoms with Crippen LogP contribution < -0.4 is 5.32 Å². The van der Waals surface area contributed by atoms with Gasteiger partial charge in [-0.3, -0.25) is 0 Å². The molecule has 0 aliphatic carbocycles. The number of nitrogens with one attached hydrogen (secondary N) is 1. The van der Waals surface area contributed by atoms with Gasteiger partial charge in [0.2, 0.25) is 5.89 Å². The van der Waals surface area contributed by atoms with Crippen molar-refractivity contribution in [1.29, 1.82) is 0 Å². The van der Waals surface area contributed by atoms with E-state index < -0.39 is 0 Å². The number of pyridine rings is 1. The van der Waals surface area contributed by atoms with E-state index in [1.807, 2.05) is 60.7 Å². The summed E-state index contributed by atoms with van der Waals surface area (Å²) in [6.07, 6.45) is 1.69. The molecule has 0 unspecified atom stereocenters. The molecule has 0 atom stereocenters. The van der Waals surface area contributed by atoms with Gasteiger partial charge in [0.15, 0.2) is 16.8 Å². The van der Waals surface area contributed by atoms with Gasteiger partial charge in [-0.2, -0.15) is 9.97 Å². The lowest BCUT2D eigenvalue weighted by molar-refractivity contribution is 0.619. The Kier molecular flexibility index (Phi) is 3.00. The minimum Gasteiger partial charge on any atom is -0.434 e. The molecule has 25 heavy (non-hydrogen) atoms. The summed E-state index contributed by atoms with van der Waals surface area (Å²) in [7, 11) is 0. The number of fused-ring (bicyclic) bond motifs is 2. The van der Waals surface area contributed by atoms with E-state index in [0.29, 0.717) is 23.1 Å². The van der Waals surface area contributed by atoms with Gasteiger partial charge in [0.1, 0.15) is 5.52 Å². The van der Waals surface area contributed by atoms with Gasteiger partial charge in [0, 0.05) is 17.4 Å². The molecule has 0 saturated heterocycles. The first kappa shape index (κ1) is 13.7. The second-order valence-electron chi connectivity index (χ2n) is 5.54. The van der Waals surface area contributed by atoms with Gasteiger partial charge < -0.3 is 14.2 Å². The van der Waals surface area contributed by atoms with Gasteiger partial charge in [-0.25, -0.2) is 4.98 Å². The largest absolute Gasteiger partial charge is 0.434 e. The number of para-hydroxylation sites is 2. The van der Waals surface area contributed by atoms with Crippen LogP contribution in [0.15, 0.2) is 75.7 Å². The van der Waals surface area contributed by atoms with Crippen LogP contribution in [0, 0.1) is 0 Å². The summed E-state index contributed by atoms with van der Waals surface area (Å²) in [5, 5.41) is 3.17. The van der Waals surface area contributed by atoms with Crippen molar-refractivity contribution in [2.24, 2.45) is 0 Å². The summed E-state index contributed by atoms with van der Waals surface area (Å²) in [6.45, 7) is 0. The SMILES string of the molecule is c1cc(Nc2nc3ccccc3o2)cc(-c2nc3ncccc3o2)c1. The summed E-state index contributed by atoms with van der Waals surface area (Å²) in [6, 6.07) is 19.5. The number of benzene rings is 2. The molecule has 6 heteroatoms. The number of anilines is 2. The molecule has 120 valence electrons. The lowest BCUT2D eigenvalue weighted by atomic mass is 10.2. The Hall–Kier alpha value is -3.67. The lowest BCUT2D eigenvalue weighted by Gasteiger charge is -2.02. The zero-order valence-electron chi connectivity index (χ0n) is 13.0. The maximum atomic E-state index is 5.77. The van der Waals surface area contributed by atoms with Gasteiger partial charge in [-0.15, -0.1) is 0 Å². The highest BCUT2D eigenvalue weighted by atomic mass is 16.4. The summed E-state index contributed by atoms with van der Waals surface area (Å²) < 4.78 is 11.5. The molecule has 5 aromatic rings. The molecule has 0 aliphatic rings. The van der Waals surface area contributed by atoms with Crippen molar-refractivity contribution in [2.45, 2.75) is 0 Å². The monoisotopic (exact) mass is 328 g/mol. The molecule has 6 nitrogen and oxygen atoms in total. The van der Waals surface area contributed by atoms with Crippen molar-refractivity contribution in [1.82, 2.24) is 15.0 Å². The second kappa shape index (κ2) is 5.45. The molecule has 1 N–H and O–H groups in total. The highest BCUT2D eigenvalue weighted by Gasteiger charge is 2.10. The fraction of sp³-hybridized carbons (Fsp3) is 0. The van der Waals surface area contributed by atoms with E-state index in [1.54, 1.807) is 6.20 Å². The van der Waals surface area contributed by atoms with Crippen LogP contribution in [-0.4, -0.2) is 15.0 Å². The number of hydrogen-bond donors (Lipinski definition) is 1. The van der Waals surface area contributed by atoms with Crippen LogP contribution in [0.25, 0.3) is 33.8 Å². The Morgan fingerprint density at radius 1 is 0.800 bits per heavy atom. The predicted octanol–water partition coefficient (Wildman–Crippen LogP) is 4.77. The molecule has 0 aliphatic heterocycles. The Labute approximate surface area is 142 Å². The zero-order valence-corrected chi connectivity index (χ0v) is 13.0. The van der Waals surface area contributed by atoms with Crippen LogP contribution in [0.5, 0.6) is 0 Å². The number of hydrogen-bond acceptors (Lipinski definition) is 6. The summed E-state index contributed by atoms with van der Waals surface area (Å²) in [4.78, 5) is 13.0. The molecule has 0 radical (unpaired) electrons. The maximum absolute atomic E-state index is 5.77. The van der Waals surface area contributed by atoms with Crippen molar-refractivity contribution in [3.63, 3.8) is 0 Å². The minimum atomic E-state index is 0.442. The molecule has 3 heterocycles. The fourth-order valence-corrected chi connectivity index (χ4v) is 2.67. The van der Waals surface area contributed by atoms with E-state index in [2.05, 4.69) is 20.3 Å². The van der Waals surface area contributed by atoms with Crippen LogP contribution in [0.4, 0.5) is 11.7 Å². The predicted molar refractivity (Wildman–Crippen MR) is 94.5 cm³/mol. The summed E-state index contributed by atoms with van der Waals surface area (Å²) in [5.41, 5.74) is 4.49. The van der Waals surface area contributed by atoms with E-state index >= 15 is 0 Å². The molecule has 0 bridgehead atoms. The first-order chi connectivity index (χ1) is 12.3. The number of aromatic nitrogens is 3. The summed E-state index contributed by atoms with van der Waals surface area (Å²) >= 11 is 0. The average molecular weight is 328 g/mol. The Morgan fingerprint density at radius 2 is 1.72 bits per heavy atom. The average Bonchev–Trinajstić information content (AvgIpc) is 3.25. The minimum absolute atomic E-state index is 0.442. The van der Waals surface area contributed by atoms with Crippen LogP contribution in [0.2, 0.25) is 0 Å². The van der Waals surface area contributed by atoms with Crippen LogP contribution in [0.1, 0.15) is 0 Å². The van der Waals surface area contributed by atoms with E-state index in [0.717, 1.165) is 22.4 Å². The number of oxazole rings is 2. The molecule has 0 spiro atoms. The number of rotatable bonds is 3. The normalized spacial score (nSPS) is 11.2. The quantitative estimate of drug-likeness (QED) is 0.514. The molecule has 0 amide bonds. The van der Waals surface area contributed by atoms with E-state index in [1.165, 1.54) is 0 Å². The third-order valence-corrected chi connectivity index (χ3v) is 3.82.